The third kappa shape index (κ3) is 25.8. The summed E-state index contributed by atoms with van der Waals surface area (Å²) in [5.41, 5.74) is 6.48. The van der Waals surface area contributed by atoms with Crippen molar-refractivity contribution in [1.29, 1.82) is 0 Å². The second-order valence-electron chi connectivity index (χ2n) is 18.8. The van der Waals surface area contributed by atoms with Crippen molar-refractivity contribution in [3.8, 4) is 0 Å². The van der Waals surface area contributed by atoms with E-state index in [1.54, 1.807) is 24.3 Å². The van der Waals surface area contributed by atoms with Gasteiger partial charge in [-0.25, -0.2) is 14.5 Å². The lowest BCUT2D eigenvalue weighted by molar-refractivity contribution is -0.238. The SMILES string of the molecule is CCCCCCCCCCCCCCCCCCNC(=O)N(CCCCCCCCCCCCCCCCCC)[C@@H]1O[C@H](CO)[C@@H](O)[C@H](O)[C@H]1N(C(=O)CN)C(=O)OCc1ccccc1. The van der Waals surface area contributed by atoms with Crippen LogP contribution in [0.15, 0.2) is 30.3 Å². The molecule has 12 heteroatoms. The van der Waals surface area contributed by atoms with Gasteiger partial charge in [-0.2, -0.15) is 0 Å². The van der Waals surface area contributed by atoms with Crippen LogP contribution in [-0.4, -0.2) is 100.0 Å². The Hall–Kier alpha value is -2.77. The van der Waals surface area contributed by atoms with E-state index in [-0.39, 0.29) is 13.2 Å². The summed E-state index contributed by atoms with van der Waals surface area (Å²) < 4.78 is 11.7. The summed E-state index contributed by atoms with van der Waals surface area (Å²) in [4.78, 5) is 43.4. The number of carbonyl (C=O) groups is 3. The molecule has 1 aromatic rings. The van der Waals surface area contributed by atoms with E-state index in [1.165, 1.54) is 159 Å². The number of unbranched alkanes of at least 4 members (excludes halogenated alkanes) is 30. The molecule has 12 nitrogen and oxygen atoms in total. The number of nitrogens with two attached hydrogens (primary N) is 1. The second-order valence-corrected chi connectivity index (χ2v) is 18.8. The molecule has 0 aliphatic carbocycles. The van der Waals surface area contributed by atoms with Crippen molar-refractivity contribution in [1.82, 2.24) is 15.1 Å². The van der Waals surface area contributed by atoms with Crippen LogP contribution in [-0.2, 0) is 20.9 Å². The molecule has 0 aromatic heterocycles. The van der Waals surface area contributed by atoms with E-state index in [0.717, 1.165) is 44.9 Å². The number of nitrogens with one attached hydrogen (secondary N) is 1. The fourth-order valence-electron chi connectivity index (χ4n) is 9.04. The van der Waals surface area contributed by atoms with Crippen molar-refractivity contribution in [2.45, 2.75) is 257 Å². The first-order valence-corrected chi connectivity index (χ1v) is 26.7. The number of imide groups is 1. The first-order valence-electron chi connectivity index (χ1n) is 26.7. The number of ether oxygens (including phenoxy) is 2. The minimum atomic E-state index is -1.77. The number of rotatable bonds is 40. The first-order chi connectivity index (χ1) is 31.8. The lowest BCUT2D eigenvalue weighted by Crippen LogP contribution is -2.71. The van der Waals surface area contributed by atoms with Gasteiger partial charge in [-0.3, -0.25) is 9.69 Å². The molecule has 4 amide bonds. The Labute approximate surface area is 395 Å². The van der Waals surface area contributed by atoms with Crippen molar-refractivity contribution < 1.29 is 39.2 Å². The van der Waals surface area contributed by atoms with Crippen LogP contribution in [0.2, 0.25) is 0 Å². The smallest absolute Gasteiger partial charge is 0.417 e. The van der Waals surface area contributed by atoms with Gasteiger partial charge in [-0.05, 0) is 18.4 Å². The predicted molar refractivity (Wildman–Crippen MR) is 263 cm³/mol. The number of hydrogen-bond donors (Lipinski definition) is 5. The van der Waals surface area contributed by atoms with Gasteiger partial charge in [0.15, 0.2) is 6.23 Å². The van der Waals surface area contributed by atoms with Crippen LogP contribution in [0.25, 0.3) is 0 Å². The molecule has 0 radical (unpaired) electrons. The Morgan fingerprint density at radius 2 is 1.03 bits per heavy atom. The van der Waals surface area contributed by atoms with Crippen LogP contribution in [0.3, 0.4) is 0 Å². The van der Waals surface area contributed by atoms with E-state index in [2.05, 4.69) is 19.2 Å². The van der Waals surface area contributed by atoms with E-state index >= 15 is 0 Å². The molecule has 0 spiro atoms. The molecule has 1 saturated heterocycles. The lowest BCUT2D eigenvalue weighted by atomic mass is 9.93. The van der Waals surface area contributed by atoms with Crippen molar-refractivity contribution in [3.05, 3.63) is 35.9 Å². The van der Waals surface area contributed by atoms with Crippen molar-refractivity contribution >= 4 is 18.0 Å². The Morgan fingerprint density at radius 3 is 1.45 bits per heavy atom. The van der Waals surface area contributed by atoms with Crippen LogP contribution >= 0.6 is 0 Å². The van der Waals surface area contributed by atoms with Crippen LogP contribution in [0, 0.1) is 0 Å². The van der Waals surface area contributed by atoms with Gasteiger partial charge in [0.2, 0.25) is 5.91 Å². The number of carbonyl (C=O) groups excluding carboxylic acids is 3. The highest BCUT2D eigenvalue weighted by atomic mass is 16.6. The minimum absolute atomic E-state index is 0.160. The number of hydrogen-bond acceptors (Lipinski definition) is 9. The van der Waals surface area contributed by atoms with E-state index in [4.69, 9.17) is 15.2 Å². The van der Waals surface area contributed by atoms with Gasteiger partial charge in [0, 0.05) is 13.1 Å². The Kier molecular flexibility index (Phi) is 35.2. The third-order valence-corrected chi connectivity index (χ3v) is 13.1. The zero-order valence-corrected chi connectivity index (χ0v) is 41.3. The summed E-state index contributed by atoms with van der Waals surface area (Å²) in [5.74, 6) is -0.869. The number of benzene rings is 1. The average Bonchev–Trinajstić information content (AvgIpc) is 3.32. The molecule has 1 aliphatic heterocycles. The molecule has 1 aliphatic rings. The second kappa shape index (κ2) is 39.2. The monoisotopic (exact) mass is 917 g/mol. The van der Waals surface area contributed by atoms with Crippen LogP contribution in [0.1, 0.15) is 225 Å². The topological polar surface area (TPSA) is 175 Å². The van der Waals surface area contributed by atoms with Gasteiger partial charge in [-0.15, -0.1) is 0 Å². The van der Waals surface area contributed by atoms with Crippen LogP contribution < -0.4 is 11.1 Å². The Balaban J connectivity index is 1.98. The summed E-state index contributed by atoms with van der Waals surface area (Å²) in [6.45, 7) is 3.73. The number of amides is 4. The highest BCUT2D eigenvalue weighted by Gasteiger charge is 2.53. The predicted octanol–water partition coefficient (Wildman–Crippen LogP) is 11.5. The molecular weight excluding hydrogens is 821 g/mol. The Bertz CT molecular complexity index is 1310. The minimum Gasteiger partial charge on any atom is -0.444 e. The summed E-state index contributed by atoms with van der Waals surface area (Å²) in [6, 6.07) is 6.91. The van der Waals surface area contributed by atoms with E-state index < -0.39 is 61.8 Å². The fraction of sp³-hybridized carbons (Fsp3) is 0.830. The van der Waals surface area contributed by atoms with Crippen LogP contribution in [0.4, 0.5) is 9.59 Å². The normalized spacial score (nSPS) is 18.4. The van der Waals surface area contributed by atoms with Gasteiger partial charge in [0.25, 0.3) is 0 Å². The zero-order valence-electron chi connectivity index (χ0n) is 41.3. The summed E-state index contributed by atoms with van der Waals surface area (Å²) in [6.07, 6.45) is 32.1. The Morgan fingerprint density at radius 1 is 0.615 bits per heavy atom. The quantitative estimate of drug-likeness (QED) is 0.0401. The number of nitrogens with zero attached hydrogens (tertiary/aromatic N) is 2. The van der Waals surface area contributed by atoms with Crippen molar-refractivity contribution in [2.75, 3.05) is 26.2 Å². The number of aliphatic hydroxyl groups excluding tert-OH is 3. The average molecular weight is 917 g/mol. The molecule has 1 heterocycles. The number of aliphatic hydroxyl groups is 3. The maximum Gasteiger partial charge on any atom is 0.417 e. The maximum absolute atomic E-state index is 14.1. The van der Waals surface area contributed by atoms with Gasteiger partial charge >= 0.3 is 12.1 Å². The molecule has 65 heavy (non-hydrogen) atoms. The summed E-state index contributed by atoms with van der Waals surface area (Å²) in [7, 11) is 0. The highest BCUT2D eigenvalue weighted by molar-refractivity contribution is 5.93. The first kappa shape index (κ1) is 58.4. The van der Waals surface area contributed by atoms with Crippen molar-refractivity contribution in [3.63, 3.8) is 0 Å². The molecule has 0 saturated carbocycles. The molecule has 376 valence electrons. The molecule has 6 N–H and O–H groups in total. The molecule has 5 atom stereocenters. The fourth-order valence-corrected chi connectivity index (χ4v) is 9.04. The zero-order chi connectivity index (χ0) is 47.2. The van der Waals surface area contributed by atoms with Gasteiger partial charge in [0.1, 0.15) is 31.0 Å². The summed E-state index contributed by atoms with van der Waals surface area (Å²) >= 11 is 0. The van der Waals surface area contributed by atoms with Gasteiger partial charge in [0.05, 0.1) is 13.2 Å². The summed E-state index contributed by atoms with van der Waals surface area (Å²) in [5, 5.41) is 35.9. The maximum atomic E-state index is 14.1. The third-order valence-electron chi connectivity index (χ3n) is 13.1. The largest absolute Gasteiger partial charge is 0.444 e. The van der Waals surface area contributed by atoms with E-state index in [1.807, 2.05) is 6.07 Å². The highest BCUT2D eigenvalue weighted by Crippen LogP contribution is 2.29. The van der Waals surface area contributed by atoms with Crippen molar-refractivity contribution in [2.24, 2.45) is 5.73 Å². The number of urea groups is 1. The standard InChI is InChI=1S/C53H96N4O8/c1-3-5-7-9-11-13-15-17-19-21-23-25-27-29-31-36-40-55-52(62)56(41-37-32-30-28-26-24-22-20-18-16-14-12-10-8-6-4-2)51-48(50(61)49(60)46(43-58)65-51)57(47(59)42-54)53(63)64-44-45-38-34-33-35-39-45/h33-35,38-39,46,48-51,58,60-61H,3-32,36-37,40-44,54H2,1-2H3,(H,55,62)/t46-,48-,49-,50-,51-/m1/s1. The van der Waals surface area contributed by atoms with Gasteiger partial charge in [-0.1, -0.05) is 237 Å². The molecular formula is C53H96N4O8. The molecule has 0 bridgehead atoms. The molecule has 0 unspecified atom stereocenters. The molecule has 2 rings (SSSR count). The van der Waals surface area contributed by atoms with E-state index in [0.29, 0.717) is 23.4 Å². The van der Waals surface area contributed by atoms with Gasteiger partial charge < -0.3 is 35.8 Å². The van der Waals surface area contributed by atoms with Crippen LogP contribution in [0.5, 0.6) is 0 Å². The van der Waals surface area contributed by atoms with E-state index in [9.17, 15) is 29.7 Å². The molecule has 1 fully saturated rings. The molecule has 1 aromatic carbocycles. The lowest BCUT2D eigenvalue weighted by Gasteiger charge is -2.49.